The minimum Gasteiger partial charge on any atom is -0.486 e. The molecule has 134 valence electrons. The van der Waals surface area contributed by atoms with E-state index < -0.39 is 10.0 Å². The van der Waals surface area contributed by atoms with Gasteiger partial charge in [0.15, 0.2) is 11.5 Å². The second-order valence-electron chi connectivity index (χ2n) is 6.86. The van der Waals surface area contributed by atoms with Gasteiger partial charge in [0.25, 0.3) is 10.0 Å². The molecule has 25 heavy (non-hydrogen) atoms. The van der Waals surface area contributed by atoms with E-state index in [1.807, 2.05) is 12.1 Å². The van der Waals surface area contributed by atoms with E-state index in [1.165, 1.54) is 12.1 Å². The van der Waals surface area contributed by atoms with Crippen LogP contribution in [0, 0.1) is 0 Å². The van der Waals surface area contributed by atoms with Crippen molar-refractivity contribution in [1.82, 2.24) is 0 Å². The van der Waals surface area contributed by atoms with Gasteiger partial charge >= 0.3 is 0 Å². The highest BCUT2D eigenvalue weighted by atomic mass is 32.2. The highest BCUT2D eigenvalue weighted by molar-refractivity contribution is 7.92. The standard InChI is InChI=1S/C18H22N2O4S/c1-18(2,3)19-13-4-6-14(7-5-13)20-25(21,22)15-8-9-16-17(12-15)24-11-10-23-16/h4-9,12,19-20H,10-11H2,1-3H3. The molecule has 0 unspecified atom stereocenters. The molecule has 7 heteroatoms. The number of ether oxygens (including phenoxy) is 2. The maximum atomic E-state index is 12.6. The number of hydrogen-bond donors (Lipinski definition) is 2. The highest BCUT2D eigenvalue weighted by Crippen LogP contribution is 2.32. The first-order chi connectivity index (χ1) is 11.7. The van der Waals surface area contributed by atoms with Crippen LogP contribution in [0.15, 0.2) is 47.4 Å². The van der Waals surface area contributed by atoms with Gasteiger partial charge in [0.1, 0.15) is 13.2 Å². The third-order valence-electron chi connectivity index (χ3n) is 3.48. The summed E-state index contributed by atoms with van der Waals surface area (Å²) in [5, 5.41) is 3.33. The number of nitrogens with one attached hydrogen (secondary N) is 2. The van der Waals surface area contributed by atoms with Gasteiger partial charge in [-0.05, 0) is 57.2 Å². The Morgan fingerprint density at radius 3 is 2.12 bits per heavy atom. The quantitative estimate of drug-likeness (QED) is 0.871. The van der Waals surface area contributed by atoms with Crippen molar-refractivity contribution in [3.63, 3.8) is 0 Å². The summed E-state index contributed by atoms with van der Waals surface area (Å²) in [5.41, 5.74) is 1.36. The van der Waals surface area contributed by atoms with Crippen molar-refractivity contribution in [2.24, 2.45) is 0 Å². The number of anilines is 2. The Hall–Kier alpha value is -2.41. The molecule has 0 aliphatic carbocycles. The van der Waals surface area contributed by atoms with E-state index in [0.29, 0.717) is 30.4 Å². The molecule has 1 aliphatic heterocycles. The minimum absolute atomic E-state index is 0.0633. The first-order valence-electron chi connectivity index (χ1n) is 8.04. The van der Waals surface area contributed by atoms with E-state index >= 15 is 0 Å². The molecule has 2 N–H and O–H groups in total. The fraction of sp³-hybridized carbons (Fsp3) is 0.333. The van der Waals surface area contributed by atoms with Crippen LogP contribution in [0.25, 0.3) is 0 Å². The number of rotatable bonds is 4. The molecule has 0 saturated carbocycles. The molecule has 0 fully saturated rings. The lowest BCUT2D eigenvalue weighted by atomic mass is 10.1. The normalized spacial score (nSPS) is 14.0. The summed E-state index contributed by atoms with van der Waals surface area (Å²) in [6.45, 7) is 7.06. The SMILES string of the molecule is CC(C)(C)Nc1ccc(NS(=O)(=O)c2ccc3c(c2)OCCO3)cc1. The maximum Gasteiger partial charge on any atom is 0.262 e. The van der Waals surface area contributed by atoms with Crippen molar-refractivity contribution in [2.75, 3.05) is 23.3 Å². The number of sulfonamides is 1. The van der Waals surface area contributed by atoms with Crippen LogP contribution in [0.3, 0.4) is 0 Å². The lowest BCUT2D eigenvalue weighted by Crippen LogP contribution is -2.25. The van der Waals surface area contributed by atoms with Gasteiger partial charge in [-0.3, -0.25) is 4.72 Å². The summed E-state index contributed by atoms with van der Waals surface area (Å²) in [5.74, 6) is 1.00. The Morgan fingerprint density at radius 2 is 1.48 bits per heavy atom. The maximum absolute atomic E-state index is 12.6. The van der Waals surface area contributed by atoms with Crippen molar-refractivity contribution < 1.29 is 17.9 Å². The Kier molecular flexibility index (Phi) is 4.51. The Balaban J connectivity index is 1.77. The molecular weight excluding hydrogens is 340 g/mol. The molecule has 0 radical (unpaired) electrons. The van der Waals surface area contributed by atoms with Gasteiger partial charge in [-0.25, -0.2) is 8.42 Å². The molecule has 0 spiro atoms. The highest BCUT2D eigenvalue weighted by Gasteiger charge is 2.19. The second-order valence-corrected chi connectivity index (χ2v) is 8.55. The van der Waals surface area contributed by atoms with Gasteiger partial charge in [0.2, 0.25) is 0 Å². The van der Waals surface area contributed by atoms with E-state index in [-0.39, 0.29) is 10.4 Å². The number of hydrogen-bond acceptors (Lipinski definition) is 5. The van der Waals surface area contributed by atoms with Gasteiger partial charge in [0, 0.05) is 23.0 Å². The van der Waals surface area contributed by atoms with Crippen LogP contribution >= 0.6 is 0 Å². The van der Waals surface area contributed by atoms with E-state index in [9.17, 15) is 8.42 Å². The van der Waals surface area contributed by atoms with Gasteiger partial charge in [0.05, 0.1) is 4.90 Å². The van der Waals surface area contributed by atoms with E-state index in [0.717, 1.165) is 5.69 Å². The van der Waals surface area contributed by atoms with Crippen LogP contribution < -0.4 is 19.5 Å². The van der Waals surface area contributed by atoms with E-state index in [4.69, 9.17) is 9.47 Å². The van der Waals surface area contributed by atoms with E-state index in [1.54, 1.807) is 18.2 Å². The average molecular weight is 362 g/mol. The van der Waals surface area contributed by atoms with Crippen molar-refractivity contribution >= 4 is 21.4 Å². The molecule has 0 amide bonds. The van der Waals surface area contributed by atoms with Crippen molar-refractivity contribution in [3.8, 4) is 11.5 Å². The predicted molar refractivity (Wildman–Crippen MR) is 98.1 cm³/mol. The minimum atomic E-state index is -3.70. The summed E-state index contributed by atoms with van der Waals surface area (Å²) in [4.78, 5) is 0.133. The smallest absolute Gasteiger partial charge is 0.262 e. The molecule has 0 aromatic heterocycles. The van der Waals surface area contributed by atoms with Gasteiger partial charge in [-0.2, -0.15) is 0 Å². The van der Waals surface area contributed by atoms with Gasteiger partial charge < -0.3 is 14.8 Å². The van der Waals surface area contributed by atoms with Crippen molar-refractivity contribution in [1.29, 1.82) is 0 Å². The molecule has 0 saturated heterocycles. The largest absolute Gasteiger partial charge is 0.486 e. The molecule has 2 aromatic carbocycles. The summed E-state index contributed by atoms with van der Waals surface area (Å²) in [6, 6.07) is 11.7. The molecule has 3 rings (SSSR count). The lowest BCUT2D eigenvalue weighted by Gasteiger charge is -2.22. The summed E-state index contributed by atoms with van der Waals surface area (Å²) in [7, 11) is -3.70. The molecule has 0 bridgehead atoms. The zero-order valence-electron chi connectivity index (χ0n) is 14.5. The lowest BCUT2D eigenvalue weighted by molar-refractivity contribution is 0.171. The predicted octanol–water partition coefficient (Wildman–Crippen LogP) is 3.47. The zero-order valence-corrected chi connectivity index (χ0v) is 15.3. The average Bonchev–Trinajstić information content (AvgIpc) is 2.55. The molecule has 6 nitrogen and oxygen atoms in total. The van der Waals surface area contributed by atoms with Crippen LogP contribution in [0.2, 0.25) is 0 Å². The molecule has 1 heterocycles. The third kappa shape index (κ3) is 4.36. The monoisotopic (exact) mass is 362 g/mol. The van der Waals surface area contributed by atoms with Gasteiger partial charge in [-0.1, -0.05) is 0 Å². The van der Waals surface area contributed by atoms with Crippen LogP contribution in [0.5, 0.6) is 11.5 Å². The fourth-order valence-corrected chi connectivity index (χ4v) is 3.53. The van der Waals surface area contributed by atoms with Crippen molar-refractivity contribution in [2.45, 2.75) is 31.2 Å². The third-order valence-corrected chi connectivity index (χ3v) is 4.86. The topological polar surface area (TPSA) is 76.7 Å². The Bertz CT molecular complexity index is 856. The summed E-state index contributed by atoms with van der Waals surface area (Å²) < 4.78 is 38.6. The molecular formula is C18H22N2O4S. The number of fused-ring (bicyclic) bond motifs is 1. The van der Waals surface area contributed by atoms with Crippen molar-refractivity contribution in [3.05, 3.63) is 42.5 Å². The van der Waals surface area contributed by atoms with E-state index in [2.05, 4.69) is 30.8 Å². The first-order valence-corrected chi connectivity index (χ1v) is 9.52. The second kappa shape index (κ2) is 6.48. The first kappa shape index (κ1) is 17.4. The van der Waals surface area contributed by atoms with Crippen LogP contribution in [0.1, 0.15) is 20.8 Å². The number of benzene rings is 2. The Labute approximate surface area is 148 Å². The van der Waals surface area contributed by atoms with Crippen LogP contribution in [0.4, 0.5) is 11.4 Å². The zero-order chi connectivity index (χ0) is 18.1. The fourth-order valence-electron chi connectivity index (χ4n) is 2.46. The molecule has 0 atom stereocenters. The van der Waals surface area contributed by atoms with Crippen LogP contribution in [-0.2, 0) is 10.0 Å². The molecule has 1 aliphatic rings. The summed E-state index contributed by atoms with van der Waals surface area (Å²) in [6.07, 6.45) is 0. The Morgan fingerprint density at radius 1 is 0.880 bits per heavy atom. The van der Waals surface area contributed by atoms with Crippen LogP contribution in [-0.4, -0.2) is 27.2 Å². The van der Waals surface area contributed by atoms with Gasteiger partial charge in [-0.15, -0.1) is 0 Å². The molecule has 2 aromatic rings. The summed E-state index contributed by atoms with van der Waals surface area (Å²) >= 11 is 0.